The first-order valence-corrected chi connectivity index (χ1v) is 6.52. The van der Waals surface area contributed by atoms with Crippen LogP contribution in [0.15, 0.2) is 48.5 Å². The third-order valence-electron chi connectivity index (χ3n) is 2.80. The molecule has 0 heterocycles. The van der Waals surface area contributed by atoms with Gasteiger partial charge in [0, 0.05) is 17.8 Å². The third kappa shape index (κ3) is 4.72. The van der Waals surface area contributed by atoms with Crippen molar-refractivity contribution in [2.45, 2.75) is 0 Å². The van der Waals surface area contributed by atoms with Crippen molar-refractivity contribution in [1.29, 1.82) is 0 Å². The quantitative estimate of drug-likeness (QED) is 0.462. The average Bonchev–Trinajstić information content (AvgIpc) is 2.58. The first kappa shape index (κ1) is 16.8. The van der Waals surface area contributed by atoms with Gasteiger partial charge in [-0.1, -0.05) is 0 Å². The van der Waals surface area contributed by atoms with Crippen molar-refractivity contribution < 1.29 is 9.72 Å². The van der Waals surface area contributed by atoms with Crippen LogP contribution in [0.2, 0.25) is 0 Å². The summed E-state index contributed by atoms with van der Waals surface area (Å²) in [5.41, 5.74) is 10.5. The predicted octanol–water partition coefficient (Wildman–Crippen LogP) is 2.05. The zero-order chi connectivity index (χ0) is 17.5. The van der Waals surface area contributed by atoms with Crippen LogP contribution in [0.3, 0.4) is 0 Å². The topological polar surface area (TPSA) is 158 Å². The number of non-ortho nitro benzene ring substituents is 1. The largest absolute Gasteiger partial charge is 0.769 e. The fourth-order valence-electron chi connectivity index (χ4n) is 1.62. The first-order valence-electron chi connectivity index (χ1n) is 6.52. The van der Waals surface area contributed by atoms with Gasteiger partial charge in [-0.25, -0.2) is 4.79 Å². The highest BCUT2D eigenvalue weighted by Gasteiger charge is 2.04. The van der Waals surface area contributed by atoms with Crippen LogP contribution < -0.4 is 26.9 Å². The summed E-state index contributed by atoms with van der Waals surface area (Å²) in [6.45, 7) is 0. The Hall–Kier alpha value is -3.57. The molecule has 2 rings (SSSR count). The molecular formula is C13H12N6O5-2. The molecule has 0 aliphatic carbocycles. The summed E-state index contributed by atoms with van der Waals surface area (Å²) in [6.07, 6.45) is 0. The van der Waals surface area contributed by atoms with Crippen LogP contribution in [0.4, 0.5) is 27.5 Å². The van der Waals surface area contributed by atoms with Gasteiger partial charge in [0.2, 0.25) is 0 Å². The number of hydrogen-bond donors (Lipinski definition) is 4. The van der Waals surface area contributed by atoms with Crippen molar-refractivity contribution in [1.82, 2.24) is 10.9 Å². The molecule has 0 aliphatic heterocycles. The smallest absolute Gasteiger partial charge is 0.352 e. The maximum Gasteiger partial charge on any atom is 0.352 e. The highest BCUT2D eigenvalue weighted by Crippen LogP contribution is 2.16. The summed E-state index contributed by atoms with van der Waals surface area (Å²) in [7, 11) is 0. The molecule has 24 heavy (non-hydrogen) atoms. The molecule has 0 atom stereocenters. The van der Waals surface area contributed by atoms with Gasteiger partial charge in [0.25, 0.3) is 5.69 Å². The lowest BCUT2D eigenvalue weighted by molar-refractivity contribution is -0.384. The Balaban J connectivity index is 1.77. The van der Waals surface area contributed by atoms with Crippen molar-refractivity contribution in [3.05, 3.63) is 69.1 Å². The molecule has 0 bridgehead atoms. The monoisotopic (exact) mass is 332 g/mol. The second-order valence-corrected chi connectivity index (χ2v) is 4.44. The Morgan fingerprint density at radius 3 is 1.75 bits per heavy atom. The Bertz CT molecular complexity index is 704. The van der Waals surface area contributed by atoms with E-state index in [1.165, 1.54) is 48.5 Å². The highest BCUT2D eigenvalue weighted by molar-refractivity contribution is 5.77. The summed E-state index contributed by atoms with van der Waals surface area (Å²) in [4.78, 5) is 21.6. The average molecular weight is 332 g/mol. The van der Waals surface area contributed by atoms with Gasteiger partial charge in [-0.15, -0.1) is 0 Å². The van der Waals surface area contributed by atoms with E-state index in [4.69, 9.17) is 0 Å². The summed E-state index contributed by atoms with van der Waals surface area (Å²) < 4.78 is 0. The molecule has 0 aliphatic rings. The van der Waals surface area contributed by atoms with Crippen molar-refractivity contribution in [2.75, 3.05) is 16.1 Å². The van der Waals surface area contributed by atoms with E-state index < -0.39 is 16.2 Å². The van der Waals surface area contributed by atoms with Gasteiger partial charge in [-0.3, -0.25) is 31.8 Å². The van der Waals surface area contributed by atoms with Gasteiger partial charge >= 0.3 is 6.03 Å². The van der Waals surface area contributed by atoms with Gasteiger partial charge in [0.05, 0.1) is 16.3 Å². The molecule has 0 unspecified atom stereocenters. The fourth-order valence-corrected chi connectivity index (χ4v) is 1.62. The number of amides is 2. The number of urea groups is 1. The van der Waals surface area contributed by atoms with Gasteiger partial charge in [-0.05, 0) is 36.4 Å². The van der Waals surface area contributed by atoms with Crippen LogP contribution in [-0.2, 0) is 0 Å². The summed E-state index contributed by atoms with van der Waals surface area (Å²) >= 11 is 0. The highest BCUT2D eigenvalue weighted by atomic mass is 16.8. The van der Waals surface area contributed by atoms with Crippen molar-refractivity contribution in [3.63, 3.8) is 0 Å². The number of benzene rings is 2. The molecule has 2 aromatic carbocycles. The maximum atomic E-state index is 11.6. The van der Waals surface area contributed by atoms with Crippen LogP contribution in [-0.4, -0.2) is 11.0 Å². The van der Waals surface area contributed by atoms with Crippen molar-refractivity contribution >= 4 is 28.8 Å². The maximum absolute atomic E-state index is 11.6. The van der Waals surface area contributed by atoms with E-state index in [-0.39, 0.29) is 11.4 Å². The molecule has 0 fully saturated rings. The Labute approximate surface area is 135 Å². The minimum atomic E-state index is -0.633. The van der Waals surface area contributed by atoms with E-state index in [9.17, 15) is 25.3 Å². The van der Waals surface area contributed by atoms with Crippen LogP contribution in [0, 0.1) is 20.5 Å². The van der Waals surface area contributed by atoms with E-state index in [0.29, 0.717) is 11.4 Å². The zero-order valence-electron chi connectivity index (χ0n) is 12.1. The Morgan fingerprint density at radius 1 is 0.875 bits per heavy atom. The number of hydrazine groups is 2. The number of carbonyl (C=O) groups excluding carboxylic acids is 1. The van der Waals surface area contributed by atoms with Gasteiger partial charge in [0.15, 0.2) is 0 Å². The van der Waals surface area contributed by atoms with E-state index in [1.807, 2.05) is 0 Å². The van der Waals surface area contributed by atoms with Gasteiger partial charge in [-0.2, -0.15) is 0 Å². The lowest BCUT2D eigenvalue weighted by Crippen LogP contribution is -2.41. The molecular weight excluding hydrogens is 320 g/mol. The number of nitro benzene ring substituents is 1. The minimum Gasteiger partial charge on any atom is -0.769 e. The Morgan fingerprint density at radius 2 is 1.33 bits per heavy atom. The molecule has 11 heteroatoms. The molecule has 4 N–H and O–H groups in total. The number of hydrogen-bond acceptors (Lipinski definition) is 8. The SMILES string of the molecule is O=C(NNc1ccc(N([O-])[O-])cc1)NNc1ccc([N+](=O)[O-])cc1. The van der Waals surface area contributed by atoms with E-state index in [1.54, 1.807) is 0 Å². The van der Waals surface area contributed by atoms with Crippen molar-refractivity contribution in [2.24, 2.45) is 0 Å². The van der Waals surface area contributed by atoms with Crippen molar-refractivity contribution in [3.8, 4) is 0 Å². The predicted molar refractivity (Wildman–Crippen MR) is 87.7 cm³/mol. The summed E-state index contributed by atoms with van der Waals surface area (Å²) in [5.74, 6) is 0. The summed E-state index contributed by atoms with van der Waals surface area (Å²) in [5, 5.41) is 31.0. The number of rotatable bonds is 6. The number of nitrogens with zero attached hydrogens (tertiary/aromatic N) is 2. The van der Waals surface area contributed by atoms with Crippen LogP contribution in [0.25, 0.3) is 0 Å². The van der Waals surface area contributed by atoms with Crippen LogP contribution in [0.5, 0.6) is 0 Å². The van der Waals surface area contributed by atoms with Gasteiger partial charge in [0.1, 0.15) is 0 Å². The number of nitrogens with one attached hydrogen (secondary N) is 4. The minimum absolute atomic E-state index is 0.0650. The molecule has 0 radical (unpaired) electrons. The zero-order valence-corrected chi connectivity index (χ0v) is 12.1. The lowest BCUT2D eigenvalue weighted by atomic mass is 10.3. The first-order chi connectivity index (χ1) is 11.5. The standard InChI is InChI=1S/C13H12N6O5/c20-13(16-14-9-1-5-11(6-2-9)18(21)22)17-15-10-3-7-12(8-4-10)19(23)24/h1-8,14-15H,(H2,16,17,20)/q-2. The molecule has 11 nitrogen and oxygen atoms in total. The Kier molecular flexibility index (Phi) is 5.33. The second kappa shape index (κ2) is 7.62. The van der Waals surface area contributed by atoms with Gasteiger partial charge < -0.3 is 15.6 Å². The third-order valence-corrected chi connectivity index (χ3v) is 2.80. The van der Waals surface area contributed by atoms with E-state index >= 15 is 0 Å². The number of carbonyl (C=O) groups is 1. The molecule has 0 saturated carbocycles. The summed E-state index contributed by atoms with van der Waals surface area (Å²) in [6, 6.07) is 10.3. The number of nitro groups is 1. The van der Waals surface area contributed by atoms with E-state index in [0.717, 1.165) is 0 Å². The molecule has 0 spiro atoms. The molecule has 0 aromatic heterocycles. The molecule has 2 aromatic rings. The molecule has 0 saturated heterocycles. The van der Waals surface area contributed by atoms with E-state index in [2.05, 4.69) is 21.7 Å². The van der Waals surface area contributed by atoms with Crippen LogP contribution >= 0.6 is 0 Å². The molecule has 126 valence electrons. The fraction of sp³-hybridized carbons (Fsp3) is 0. The lowest BCUT2D eigenvalue weighted by Gasteiger charge is -2.37. The molecule has 2 amide bonds. The normalized spacial score (nSPS) is 9.75. The second-order valence-electron chi connectivity index (χ2n) is 4.44. The number of anilines is 3. The van der Waals surface area contributed by atoms with Crippen LogP contribution in [0.1, 0.15) is 0 Å².